The van der Waals surface area contributed by atoms with Gasteiger partial charge in [-0.25, -0.2) is 0 Å². The second-order valence-electron chi connectivity index (χ2n) is 6.95. The van der Waals surface area contributed by atoms with Gasteiger partial charge in [0.1, 0.15) is 28.1 Å². The van der Waals surface area contributed by atoms with Crippen LogP contribution in [0.5, 0.6) is 11.5 Å². The minimum Gasteiger partial charge on any atom is -0.492 e. The average Bonchev–Trinajstić information content (AvgIpc) is 3.18. The number of aliphatic hydroxyl groups is 1. The summed E-state index contributed by atoms with van der Waals surface area (Å²) < 4.78 is 11.3. The van der Waals surface area contributed by atoms with Gasteiger partial charge in [0.25, 0.3) is 0 Å². The van der Waals surface area contributed by atoms with Gasteiger partial charge in [0.2, 0.25) is 0 Å². The summed E-state index contributed by atoms with van der Waals surface area (Å²) in [5, 5.41) is 19.7. The lowest BCUT2D eigenvalue weighted by atomic mass is 10.1. The quantitative estimate of drug-likeness (QED) is 0.549. The van der Waals surface area contributed by atoms with Crippen LogP contribution in [0.15, 0.2) is 36.4 Å². The molecule has 0 fully saturated rings. The number of halogens is 1. The molecule has 154 valence electrons. The Hall–Kier alpha value is -2.19. The predicted octanol–water partition coefficient (Wildman–Crippen LogP) is 4.32. The highest BCUT2D eigenvalue weighted by atomic mass is 35.5. The number of nitrogens with zero attached hydrogens (tertiary/aromatic N) is 2. The van der Waals surface area contributed by atoms with Crippen LogP contribution >= 0.6 is 22.9 Å². The van der Waals surface area contributed by atoms with E-state index >= 15 is 0 Å². The Bertz CT molecular complexity index is 960. The van der Waals surface area contributed by atoms with Crippen LogP contribution in [0.1, 0.15) is 19.4 Å². The topological polar surface area (TPSA) is 90.5 Å². The number of aliphatic hydroxyl groups excluding tert-OH is 1. The molecule has 1 heterocycles. The highest BCUT2D eigenvalue weighted by Gasteiger charge is 2.15. The first-order valence-electron chi connectivity index (χ1n) is 9.27. The van der Waals surface area contributed by atoms with Crippen LogP contribution in [-0.4, -0.2) is 40.7 Å². The fourth-order valence-corrected chi connectivity index (χ4v) is 3.81. The molecule has 1 aromatic heterocycles. The molecule has 0 aliphatic rings. The van der Waals surface area contributed by atoms with Crippen LogP contribution < -0.4 is 15.2 Å². The Balaban J connectivity index is 1.80. The number of aromatic nitrogens is 2. The lowest BCUT2D eigenvalue weighted by molar-refractivity contribution is 0.206. The Labute approximate surface area is 179 Å². The van der Waals surface area contributed by atoms with Gasteiger partial charge in [-0.1, -0.05) is 22.9 Å². The number of hydrogen-bond acceptors (Lipinski definition) is 7. The summed E-state index contributed by atoms with van der Waals surface area (Å²) in [4.78, 5) is 0. The van der Waals surface area contributed by atoms with Crippen LogP contribution in [0.25, 0.3) is 21.1 Å². The molecule has 0 radical (unpaired) electrons. The van der Waals surface area contributed by atoms with E-state index < -0.39 is 6.04 Å². The third-order valence-electron chi connectivity index (χ3n) is 4.08. The molecule has 0 spiro atoms. The number of hydrogen-bond donors (Lipinski definition) is 2. The van der Waals surface area contributed by atoms with E-state index in [1.807, 2.05) is 51.1 Å². The largest absolute Gasteiger partial charge is 0.492 e. The second-order valence-corrected chi connectivity index (χ2v) is 8.34. The van der Waals surface area contributed by atoms with Crippen LogP contribution in [0, 0.1) is 6.92 Å². The standard InChI is InChI=1S/C21H24ClN3O3S/c1-12(2)28-16-6-4-14(5-7-16)20-24-25-21(29-20)17-8-13(3)19(9-18(17)22)27-11-15(23)10-26/h4-9,12,15,26H,10-11,23H2,1-3H3. The third kappa shape index (κ3) is 5.45. The lowest BCUT2D eigenvalue weighted by Gasteiger charge is -2.14. The first-order chi connectivity index (χ1) is 13.9. The number of aryl methyl sites for hydroxylation is 1. The predicted molar refractivity (Wildman–Crippen MR) is 117 cm³/mol. The molecule has 3 aromatic rings. The highest BCUT2D eigenvalue weighted by Crippen LogP contribution is 2.37. The summed E-state index contributed by atoms with van der Waals surface area (Å²) in [6.07, 6.45) is 0.130. The van der Waals surface area contributed by atoms with Gasteiger partial charge in [-0.2, -0.15) is 0 Å². The summed E-state index contributed by atoms with van der Waals surface area (Å²) >= 11 is 7.94. The zero-order chi connectivity index (χ0) is 21.0. The van der Waals surface area contributed by atoms with Crippen molar-refractivity contribution in [2.24, 2.45) is 5.73 Å². The molecule has 0 amide bonds. The van der Waals surface area contributed by atoms with Gasteiger partial charge in [-0.3, -0.25) is 0 Å². The van der Waals surface area contributed by atoms with Crippen molar-refractivity contribution in [3.63, 3.8) is 0 Å². The molecular formula is C21H24ClN3O3S. The number of rotatable bonds is 8. The summed E-state index contributed by atoms with van der Waals surface area (Å²) in [6, 6.07) is 11.0. The average molecular weight is 434 g/mol. The number of ether oxygens (including phenoxy) is 2. The van der Waals surface area contributed by atoms with Crippen LogP contribution in [-0.2, 0) is 0 Å². The molecule has 3 N–H and O–H groups in total. The third-order valence-corrected chi connectivity index (χ3v) is 5.40. The van der Waals surface area contributed by atoms with Gasteiger partial charge in [0.05, 0.1) is 23.8 Å². The van der Waals surface area contributed by atoms with E-state index in [4.69, 9.17) is 31.9 Å². The van der Waals surface area contributed by atoms with Crippen molar-refractivity contribution in [2.75, 3.05) is 13.2 Å². The molecule has 0 aliphatic carbocycles. The maximum atomic E-state index is 9.03. The van der Waals surface area contributed by atoms with Gasteiger partial charge in [0.15, 0.2) is 0 Å². The van der Waals surface area contributed by atoms with Crippen molar-refractivity contribution in [3.8, 4) is 32.6 Å². The van der Waals surface area contributed by atoms with Crippen LogP contribution in [0.4, 0.5) is 0 Å². The van der Waals surface area contributed by atoms with Crippen molar-refractivity contribution >= 4 is 22.9 Å². The minimum atomic E-state index is -0.434. The van der Waals surface area contributed by atoms with Crippen LogP contribution in [0.2, 0.25) is 5.02 Å². The monoisotopic (exact) mass is 433 g/mol. The number of benzene rings is 2. The first-order valence-corrected chi connectivity index (χ1v) is 10.5. The van der Waals surface area contributed by atoms with Gasteiger partial charge in [-0.15, -0.1) is 10.2 Å². The molecule has 6 nitrogen and oxygen atoms in total. The van der Waals surface area contributed by atoms with Crippen molar-refractivity contribution in [1.29, 1.82) is 0 Å². The molecule has 0 aliphatic heterocycles. The molecule has 0 saturated heterocycles. The molecule has 1 atom stereocenters. The van der Waals surface area contributed by atoms with Crippen molar-refractivity contribution in [2.45, 2.75) is 32.9 Å². The molecular weight excluding hydrogens is 410 g/mol. The van der Waals surface area contributed by atoms with E-state index in [-0.39, 0.29) is 19.3 Å². The molecule has 8 heteroatoms. The molecule has 2 aromatic carbocycles. The van der Waals surface area contributed by atoms with Gasteiger partial charge in [0, 0.05) is 11.1 Å². The van der Waals surface area contributed by atoms with E-state index in [1.165, 1.54) is 11.3 Å². The Kier molecular flexibility index (Phi) is 7.08. The van der Waals surface area contributed by atoms with Gasteiger partial charge in [-0.05, 0) is 62.7 Å². The Morgan fingerprint density at radius 1 is 1.14 bits per heavy atom. The van der Waals surface area contributed by atoms with E-state index in [0.717, 1.165) is 32.5 Å². The maximum absolute atomic E-state index is 9.03. The molecule has 0 saturated carbocycles. The van der Waals surface area contributed by atoms with Gasteiger partial charge >= 0.3 is 0 Å². The molecule has 0 bridgehead atoms. The maximum Gasteiger partial charge on any atom is 0.149 e. The van der Waals surface area contributed by atoms with Crippen LogP contribution in [0.3, 0.4) is 0 Å². The van der Waals surface area contributed by atoms with Crippen molar-refractivity contribution in [1.82, 2.24) is 10.2 Å². The Morgan fingerprint density at radius 2 is 1.83 bits per heavy atom. The second kappa shape index (κ2) is 9.54. The van der Waals surface area contributed by atoms with Gasteiger partial charge < -0.3 is 20.3 Å². The molecule has 3 rings (SSSR count). The van der Waals surface area contributed by atoms with Crippen molar-refractivity contribution < 1.29 is 14.6 Å². The SMILES string of the molecule is Cc1cc(-c2nnc(-c3ccc(OC(C)C)cc3)s2)c(Cl)cc1OCC(N)CO. The molecule has 29 heavy (non-hydrogen) atoms. The normalized spacial score (nSPS) is 12.2. The van der Waals surface area contributed by atoms with E-state index in [9.17, 15) is 0 Å². The van der Waals surface area contributed by atoms with E-state index in [1.54, 1.807) is 6.07 Å². The number of nitrogens with two attached hydrogens (primary N) is 1. The summed E-state index contributed by atoms with van der Waals surface area (Å²) in [5.74, 6) is 1.46. The summed E-state index contributed by atoms with van der Waals surface area (Å²) in [7, 11) is 0. The zero-order valence-electron chi connectivity index (χ0n) is 16.6. The fraction of sp³-hybridized carbons (Fsp3) is 0.333. The van der Waals surface area contributed by atoms with E-state index in [2.05, 4.69) is 10.2 Å². The fourth-order valence-electron chi connectivity index (χ4n) is 2.63. The van der Waals surface area contributed by atoms with E-state index in [0.29, 0.717) is 10.8 Å². The molecule has 1 unspecified atom stereocenters. The minimum absolute atomic E-state index is 0.130. The van der Waals surface area contributed by atoms with Crippen molar-refractivity contribution in [3.05, 3.63) is 47.0 Å². The highest BCUT2D eigenvalue weighted by molar-refractivity contribution is 7.18. The first kappa shape index (κ1) is 21.5. The zero-order valence-corrected chi connectivity index (χ0v) is 18.1. The summed E-state index contributed by atoms with van der Waals surface area (Å²) in [6.45, 7) is 5.99. The Morgan fingerprint density at radius 3 is 2.48 bits per heavy atom. The lowest BCUT2D eigenvalue weighted by Crippen LogP contribution is -2.31. The summed E-state index contributed by atoms with van der Waals surface area (Å²) in [5.41, 5.74) is 8.36. The smallest absolute Gasteiger partial charge is 0.149 e.